The van der Waals surface area contributed by atoms with E-state index in [1.165, 1.54) is 24.3 Å². The van der Waals surface area contributed by atoms with Gasteiger partial charge in [-0.05, 0) is 48.5 Å². The van der Waals surface area contributed by atoms with E-state index in [4.69, 9.17) is 0 Å². The summed E-state index contributed by atoms with van der Waals surface area (Å²) in [6.07, 6.45) is 0. The van der Waals surface area contributed by atoms with Crippen molar-refractivity contribution in [1.82, 2.24) is 0 Å². The monoisotopic (exact) mass is 460 g/mol. The lowest BCUT2D eigenvalue weighted by Crippen LogP contribution is -2.15. The van der Waals surface area contributed by atoms with Crippen molar-refractivity contribution in [3.8, 4) is 0 Å². The Kier molecular flexibility index (Phi) is 5.72. The lowest BCUT2D eigenvalue weighted by Gasteiger charge is -2.11. The molecule has 0 aromatic heterocycles. The van der Waals surface area contributed by atoms with Crippen LogP contribution in [-0.4, -0.2) is 16.8 Å². The van der Waals surface area contributed by atoms with Crippen LogP contribution in [0.4, 0.5) is 28.9 Å². The van der Waals surface area contributed by atoms with Gasteiger partial charge in [0, 0.05) is 23.5 Å². The first-order valence-corrected chi connectivity index (χ1v) is 11.0. The van der Waals surface area contributed by atoms with Crippen LogP contribution in [0.25, 0.3) is 0 Å². The van der Waals surface area contributed by atoms with Gasteiger partial charge in [0.2, 0.25) is 0 Å². The number of halogens is 4. The van der Waals surface area contributed by atoms with Crippen LogP contribution < -0.4 is 9.44 Å². The lowest BCUT2D eigenvalue weighted by atomic mass is 10.3. The number of rotatable bonds is 6. The normalized spacial score (nSPS) is 11.9. The molecule has 3 aromatic rings. The van der Waals surface area contributed by atoms with Gasteiger partial charge in [-0.2, -0.15) is 0 Å². The van der Waals surface area contributed by atoms with Crippen molar-refractivity contribution in [2.24, 2.45) is 0 Å². The topological polar surface area (TPSA) is 92.3 Å². The molecule has 158 valence electrons. The molecule has 0 amide bonds. The number of sulfonamides is 2. The van der Waals surface area contributed by atoms with Crippen LogP contribution in [0.2, 0.25) is 0 Å². The average molecular weight is 460 g/mol. The summed E-state index contributed by atoms with van der Waals surface area (Å²) in [5.41, 5.74) is -0.0566. The van der Waals surface area contributed by atoms with E-state index in [0.717, 1.165) is 0 Å². The number of benzene rings is 3. The van der Waals surface area contributed by atoms with Crippen molar-refractivity contribution in [2.45, 2.75) is 9.79 Å². The maximum absolute atomic E-state index is 13.3. The first-order chi connectivity index (χ1) is 13.9. The molecule has 0 aliphatic carbocycles. The molecule has 0 bridgehead atoms. The Morgan fingerprint density at radius 1 is 0.500 bits per heavy atom. The summed E-state index contributed by atoms with van der Waals surface area (Å²) in [5, 5.41) is 0. The first kappa shape index (κ1) is 21.6. The Hall–Kier alpha value is -3.12. The van der Waals surface area contributed by atoms with E-state index in [1.807, 2.05) is 0 Å². The van der Waals surface area contributed by atoms with E-state index in [2.05, 4.69) is 9.44 Å². The number of nitrogens with one attached hydrogen (secondary N) is 2. The molecule has 2 N–H and O–H groups in total. The molecule has 3 aromatic carbocycles. The third-order valence-electron chi connectivity index (χ3n) is 3.68. The Balaban J connectivity index is 1.79. The van der Waals surface area contributed by atoms with Gasteiger partial charge >= 0.3 is 0 Å². The van der Waals surface area contributed by atoms with Gasteiger partial charge in [-0.1, -0.05) is 0 Å². The zero-order valence-corrected chi connectivity index (χ0v) is 16.4. The second-order valence-electron chi connectivity index (χ2n) is 6.00. The highest BCUT2D eigenvalue weighted by atomic mass is 32.2. The van der Waals surface area contributed by atoms with Crippen LogP contribution in [0.1, 0.15) is 0 Å². The summed E-state index contributed by atoms with van der Waals surface area (Å²) >= 11 is 0. The second-order valence-corrected chi connectivity index (χ2v) is 9.36. The third-order valence-corrected chi connectivity index (χ3v) is 6.40. The van der Waals surface area contributed by atoms with Gasteiger partial charge in [0.1, 0.15) is 23.3 Å². The van der Waals surface area contributed by atoms with E-state index in [1.54, 1.807) is 0 Å². The van der Waals surface area contributed by atoms with E-state index >= 15 is 0 Å². The molecular weight excluding hydrogens is 448 g/mol. The standard InChI is InChI=1S/C18H12F4N2O4S2/c19-11-5-12(20)8-17(7-11)29(25,26)23-15-1-2-16(4-3-15)24-30(27,28)18-9-13(21)6-14(22)10-18/h1-10,23-24H. The van der Waals surface area contributed by atoms with E-state index in [9.17, 15) is 34.4 Å². The molecule has 0 saturated heterocycles. The summed E-state index contributed by atoms with van der Waals surface area (Å²) in [7, 11) is -8.62. The number of hydrogen-bond donors (Lipinski definition) is 2. The SMILES string of the molecule is O=S(=O)(Nc1ccc(NS(=O)(=O)c2cc(F)cc(F)c2)cc1)c1cc(F)cc(F)c1. The first-order valence-electron chi connectivity index (χ1n) is 8.02. The summed E-state index contributed by atoms with van der Waals surface area (Å²) in [5.74, 6) is -4.30. The van der Waals surface area contributed by atoms with Crippen LogP contribution >= 0.6 is 0 Å². The van der Waals surface area contributed by atoms with Crippen molar-refractivity contribution >= 4 is 31.4 Å². The summed E-state index contributed by atoms with van der Waals surface area (Å²) < 4.78 is 106. The minimum atomic E-state index is -4.31. The highest BCUT2D eigenvalue weighted by molar-refractivity contribution is 7.93. The van der Waals surface area contributed by atoms with E-state index < -0.39 is 53.1 Å². The van der Waals surface area contributed by atoms with Gasteiger partial charge in [0.05, 0.1) is 9.79 Å². The molecule has 30 heavy (non-hydrogen) atoms. The minimum absolute atomic E-state index is 0.0283. The third kappa shape index (κ3) is 5.07. The van der Waals surface area contributed by atoms with Gasteiger partial charge in [-0.3, -0.25) is 9.44 Å². The largest absolute Gasteiger partial charge is 0.280 e. The Morgan fingerprint density at radius 3 is 1.03 bits per heavy atom. The molecule has 0 saturated carbocycles. The highest BCUT2D eigenvalue weighted by Crippen LogP contribution is 2.22. The number of hydrogen-bond acceptors (Lipinski definition) is 4. The number of anilines is 2. The fraction of sp³-hybridized carbons (Fsp3) is 0. The van der Waals surface area contributed by atoms with E-state index in [-0.39, 0.29) is 11.4 Å². The Labute approximate surface area is 169 Å². The van der Waals surface area contributed by atoms with Gasteiger partial charge < -0.3 is 0 Å². The van der Waals surface area contributed by atoms with Crippen molar-refractivity contribution in [3.05, 3.63) is 83.9 Å². The Morgan fingerprint density at radius 2 is 0.767 bits per heavy atom. The average Bonchev–Trinajstić information content (AvgIpc) is 2.61. The van der Waals surface area contributed by atoms with Gasteiger partial charge in [-0.15, -0.1) is 0 Å². The predicted molar refractivity (Wildman–Crippen MR) is 101 cm³/mol. The molecule has 12 heteroatoms. The van der Waals surface area contributed by atoms with Gasteiger partial charge in [0.15, 0.2) is 0 Å². The zero-order valence-electron chi connectivity index (χ0n) is 14.7. The van der Waals surface area contributed by atoms with Crippen molar-refractivity contribution in [1.29, 1.82) is 0 Å². The molecule has 0 heterocycles. The van der Waals surface area contributed by atoms with Crippen LogP contribution in [0.3, 0.4) is 0 Å². The molecular formula is C18H12F4N2O4S2. The molecule has 0 spiro atoms. The second kappa shape index (κ2) is 7.95. The summed E-state index contributed by atoms with van der Waals surface area (Å²) in [6.45, 7) is 0. The quantitative estimate of drug-likeness (QED) is 0.547. The van der Waals surface area contributed by atoms with Crippen LogP contribution in [0.15, 0.2) is 70.5 Å². The molecule has 0 atom stereocenters. The summed E-state index contributed by atoms with van der Waals surface area (Å²) in [6, 6.07) is 8.27. The molecule has 0 aliphatic heterocycles. The molecule has 0 radical (unpaired) electrons. The van der Waals surface area contributed by atoms with Crippen molar-refractivity contribution < 1.29 is 34.4 Å². The predicted octanol–water partition coefficient (Wildman–Crippen LogP) is 3.84. The van der Waals surface area contributed by atoms with Crippen molar-refractivity contribution in [3.63, 3.8) is 0 Å². The van der Waals surface area contributed by atoms with Crippen LogP contribution in [-0.2, 0) is 20.0 Å². The van der Waals surface area contributed by atoms with Gasteiger partial charge in [-0.25, -0.2) is 34.4 Å². The molecule has 0 fully saturated rings. The zero-order chi connectivity index (χ0) is 22.1. The van der Waals surface area contributed by atoms with E-state index in [0.29, 0.717) is 36.4 Å². The fourth-order valence-electron chi connectivity index (χ4n) is 2.40. The molecule has 3 rings (SSSR count). The van der Waals surface area contributed by atoms with Gasteiger partial charge in [0.25, 0.3) is 20.0 Å². The van der Waals surface area contributed by atoms with Crippen LogP contribution in [0, 0.1) is 23.3 Å². The van der Waals surface area contributed by atoms with Crippen molar-refractivity contribution in [2.75, 3.05) is 9.44 Å². The fourth-order valence-corrected chi connectivity index (χ4v) is 4.60. The molecule has 6 nitrogen and oxygen atoms in total. The lowest BCUT2D eigenvalue weighted by molar-refractivity contribution is 0.568. The molecule has 0 unspecified atom stereocenters. The minimum Gasteiger partial charge on any atom is -0.280 e. The molecule has 0 aliphatic rings. The maximum Gasteiger partial charge on any atom is 0.262 e. The van der Waals surface area contributed by atoms with Crippen LogP contribution in [0.5, 0.6) is 0 Å². The highest BCUT2D eigenvalue weighted by Gasteiger charge is 2.18. The maximum atomic E-state index is 13.3. The smallest absolute Gasteiger partial charge is 0.262 e. The Bertz CT molecular complexity index is 1170. The summed E-state index contributed by atoms with van der Waals surface area (Å²) in [4.78, 5) is -1.28.